The average Bonchev–Trinajstić information content (AvgIpc) is 2.95. The Morgan fingerprint density at radius 2 is 1.79 bits per heavy atom. The van der Waals surface area contributed by atoms with Gasteiger partial charge < -0.3 is 19.8 Å². The molecule has 6 heteroatoms. The second kappa shape index (κ2) is 5.77. The minimum atomic E-state index is -0.770. The van der Waals surface area contributed by atoms with Crippen molar-refractivity contribution in [1.29, 1.82) is 0 Å². The third-order valence-electron chi connectivity index (χ3n) is 4.18. The van der Waals surface area contributed by atoms with Crippen LogP contribution in [0.25, 0.3) is 0 Å². The topological polar surface area (TPSA) is 64.1 Å². The van der Waals surface area contributed by atoms with Gasteiger partial charge in [0.15, 0.2) is 0 Å². The van der Waals surface area contributed by atoms with Crippen molar-refractivity contribution < 1.29 is 14.7 Å². The molecule has 2 heterocycles. The van der Waals surface area contributed by atoms with Gasteiger partial charge in [0.05, 0.1) is 0 Å². The zero-order valence-electron chi connectivity index (χ0n) is 11.7. The molecule has 0 spiro atoms. The monoisotopic (exact) mass is 269 g/mol. The second-order valence-electron chi connectivity index (χ2n) is 5.83. The largest absolute Gasteiger partial charge is 0.481 e. The van der Waals surface area contributed by atoms with Crippen LogP contribution in [-0.4, -0.2) is 78.1 Å². The first-order valence-corrected chi connectivity index (χ1v) is 6.89. The molecule has 2 unspecified atom stereocenters. The van der Waals surface area contributed by atoms with Crippen LogP contribution in [-0.2, 0) is 4.79 Å². The van der Waals surface area contributed by atoms with Gasteiger partial charge in [-0.1, -0.05) is 0 Å². The van der Waals surface area contributed by atoms with Crippen LogP contribution in [0.1, 0.15) is 19.3 Å². The van der Waals surface area contributed by atoms with Crippen molar-refractivity contribution in [2.45, 2.75) is 25.3 Å². The Kier molecular flexibility index (Phi) is 4.29. The van der Waals surface area contributed by atoms with E-state index in [1.54, 1.807) is 0 Å². The van der Waals surface area contributed by atoms with E-state index < -0.39 is 5.97 Å². The fraction of sp³-hybridized carbons (Fsp3) is 0.846. The number of carboxylic acid groups (broad SMARTS) is 1. The number of urea groups is 1. The average molecular weight is 269 g/mol. The summed E-state index contributed by atoms with van der Waals surface area (Å²) in [6.45, 7) is 2.88. The number of rotatable bonds is 3. The molecule has 0 bridgehead atoms. The molecule has 19 heavy (non-hydrogen) atoms. The fourth-order valence-electron chi connectivity index (χ4n) is 2.96. The highest BCUT2D eigenvalue weighted by atomic mass is 16.4. The zero-order valence-corrected chi connectivity index (χ0v) is 11.7. The van der Waals surface area contributed by atoms with Gasteiger partial charge in [0, 0.05) is 38.6 Å². The number of carbonyl (C=O) groups excluding carboxylic acids is 1. The molecule has 2 amide bonds. The standard InChI is InChI=1S/C13H23N3O3/c1-14(2)11-4-6-16(9-11)13(19)15-5-3-10(8-15)7-12(17)18/h10-11H,3-9H2,1-2H3,(H,17,18). The molecule has 2 rings (SSSR count). The predicted molar refractivity (Wildman–Crippen MR) is 71.0 cm³/mol. The summed E-state index contributed by atoms with van der Waals surface area (Å²) in [6.07, 6.45) is 2.00. The number of aliphatic carboxylic acids is 1. The summed E-state index contributed by atoms with van der Waals surface area (Å²) in [5.41, 5.74) is 0. The lowest BCUT2D eigenvalue weighted by Crippen LogP contribution is -2.42. The van der Waals surface area contributed by atoms with Crippen molar-refractivity contribution in [3.05, 3.63) is 0 Å². The lowest BCUT2D eigenvalue weighted by molar-refractivity contribution is -0.138. The van der Waals surface area contributed by atoms with Gasteiger partial charge in [-0.05, 0) is 32.9 Å². The highest BCUT2D eigenvalue weighted by Crippen LogP contribution is 2.22. The highest BCUT2D eigenvalue weighted by Gasteiger charge is 2.34. The van der Waals surface area contributed by atoms with Crippen LogP contribution in [0.2, 0.25) is 0 Å². The smallest absolute Gasteiger partial charge is 0.320 e. The molecule has 0 aliphatic carbocycles. The Hall–Kier alpha value is -1.30. The summed E-state index contributed by atoms with van der Waals surface area (Å²) in [6, 6.07) is 0.526. The van der Waals surface area contributed by atoms with Crippen molar-refractivity contribution in [3.8, 4) is 0 Å². The molecule has 0 radical (unpaired) electrons. The van der Waals surface area contributed by atoms with Crippen molar-refractivity contribution in [2.24, 2.45) is 5.92 Å². The number of likely N-dealkylation sites (N-methyl/N-ethyl adjacent to an activating group) is 1. The van der Waals surface area contributed by atoms with Gasteiger partial charge >= 0.3 is 12.0 Å². The van der Waals surface area contributed by atoms with E-state index in [-0.39, 0.29) is 18.4 Å². The molecular weight excluding hydrogens is 246 g/mol. The number of likely N-dealkylation sites (tertiary alicyclic amines) is 2. The number of carboxylic acids is 1. The summed E-state index contributed by atoms with van der Waals surface area (Å²) in [5, 5.41) is 8.79. The van der Waals surface area contributed by atoms with Crippen molar-refractivity contribution >= 4 is 12.0 Å². The maximum atomic E-state index is 12.3. The van der Waals surface area contributed by atoms with E-state index >= 15 is 0 Å². The molecule has 0 aromatic rings. The van der Waals surface area contributed by atoms with Gasteiger partial charge in [-0.2, -0.15) is 0 Å². The van der Waals surface area contributed by atoms with E-state index in [9.17, 15) is 9.59 Å². The van der Waals surface area contributed by atoms with Crippen molar-refractivity contribution in [1.82, 2.24) is 14.7 Å². The van der Waals surface area contributed by atoms with Gasteiger partial charge in [-0.25, -0.2) is 4.79 Å². The number of amides is 2. The van der Waals surface area contributed by atoms with E-state index in [1.807, 2.05) is 23.9 Å². The minimum Gasteiger partial charge on any atom is -0.481 e. The normalized spacial score (nSPS) is 27.3. The van der Waals surface area contributed by atoms with Crippen molar-refractivity contribution in [3.63, 3.8) is 0 Å². The lowest BCUT2D eigenvalue weighted by Gasteiger charge is -2.25. The summed E-state index contributed by atoms with van der Waals surface area (Å²) in [7, 11) is 4.08. The molecule has 2 saturated heterocycles. The van der Waals surface area contributed by atoms with E-state index in [2.05, 4.69) is 4.90 Å². The first kappa shape index (κ1) is 14.1. The Labute approximate surface area is 114 Å². The van der Waals surface area contributed by atoms with Gasteiger partial charge in [0.2, 0.25) is 0 Å². The van der Waals surface area contributed by atoms with E-state index in [0.29, 0.717) is 19.1 Å². The maximum Gasteiger partial charge on any atom is 0.320 e. The third kappa shape index (κ3) is 3.37. The van der Waals surface area contributed by atoms with Gasteiger partial charge in [0.1, 0.15) is 0 Å². The van der Waals surface area contributed by atoms with E-state index in [1.165, 1.54) is 0 Å². The second-order valence-corrected chi connectivity index (χ2v) is 5.83. The van der Waals surface area contributed by atoms with Crippen LogP contribution in [0, 0.1) is 5.92 Å². The summed E-state index contributed by atoms with van der Waals surface area (Å²) >= 11 is 0. The molecule has 0 aromatic carbocycles. The van der Waals surface area contributed by atoms with Crippen LogP contribution in [0.5, 0.6) is 0 Å². The molecule has 0 aromatic heterocycles. The number of carbonyl (C=O) groups is 2. The van der Waals surface area contributed by atoms with E-state index in [4.69, 9.17) is 5.11 Å². The first-order chi connectivity index (χ1) is 8.97. The molecule has 2 atom stereocenters. The number of nitrogens with zero attached hydrogens (tertiary/aromatic N) is 3. The molecule has 0 saturated carbocycles. The van der Waals surface area contributed by atoms with Crippen LogP contribution >= 0.6 is 0 Å². The van der Waals surface area contributed by atoms with Crippen LogP contribution in [0.4, 0.5) is 4.79 Å². The molecule has 1 N–H and O–H groups in total. The lowest BCUT2D eigenvalue weighted by atomic mass is 10.1. The Morgan fingerprint density at radius 3 is 2.37 bits per heavy atom. The Balaban J connectivity index is 1.83. The summed E-state index contributed by atoms with van der Waals surface area (Å²) < 4.78 is 0. The SMILES string of the molecule is CN(C)C1CCN(C(=O)N2CCC(CC(=O)O)C2)C1. The Morgan fingerprint density at radius 1 is 1.16 bits per heavy atom. The third-order valence-corrected chi connectivity index (χ3v) is 4.18. The van der Waals surface area contributed by atoms with E-state index in [0.717, 1.165) is 25.9 Å². The predicted octanol–water partition coefficient (Wildman–Crippen LogP) is 0.539. The molecular formula is C13H23N3O3. The Bertz CT molecular complexity index is 359. The molecule has 2 fully saturated rings. The quantitative estimate of drug-likeness (QED) is 0.812. The van der Waals surface area contributed by atoms with Gasteiger partial charge in [-0.15, -0.1) is 0 Å². The number of hydrogen-bond donors (Lipinski definition) is 1. The number of hydrogen-bond acceptors (Lipinski definition) is 3. The molecule has 6 nitrogen and oxygen atoms in total. The van der Waals surface area contributed by atoms with Crippen LogP contribution < -0.4 is 0 Å². The minimum absolute atomic E-state index is 0.0808. The van der Waals surface area contributed by atoms with Crippen LogP contribution in [0.15, 0.2) is 0 Å². The highest BCUT2D eigenvalue weighted by molar-refractivity contribution is 5.75. The van der Waals surface area contributed by atoms with Crippen LogP contribution in [0.3, 0.4) is 0 Å². The van der Waals surface area contributed by atoms with Gasteiger partial charge in [-0.3, -0.25) is 4.79 Å². The summed E-state index contributed by atoms with van der Waals surface area (Å²) in [4.78, 5) is 28.9. The summed E-state index contributed by atoms with van der Waals surface area (Å²) in [5.74, 6) is -0.651. The maximum absolute atomic E-state index is 12.3. The van der Waals surface area contributed by atoms with Gasteiger partial charge in [0.25, 0.3) is 0 Å². The molecule has 108 valence electrons. The van der Waals surface area contributed by atoms with Crippen molar-refractivity contribution in [2.75, 3.05) is 40.3 Å². The fourth-order valence-corrected chi connectivity index (χ4v) is 2.96. The first-order valence-electron chi connectivity index (χ1n) is 6.89. The molecule has 2 aliphatic rings. The zero-order chi connectivity index (χ0) is 14.0. The molecule has 2 aliphatic heterocycles.